The maximum absolute atomic E-state index is 12.6. The van der Waals surface area contributed by atoms with Gasteiger partial charge >= 0.3 is 12.2 Å². The number of ether oxygens (including phenoxy) is 2. The molecule has 0 aliphatic rings. The minimum absolute atomic E-state index is 0.00164. The van der Waals surface area contributed by atoms with Crippen molar-refractivity contribution in [2.45, 2.75) is 26.2 Å². The van der Waals surface area contributed by atoms with E-state index in [1.807, 2.05) is 48.5 Å². The third-order valence-corrected chi connectivity index (χ3v) is 4.06. The Morgan fingerprint density at radius 3 is 2.13 bits per heavy atom. The minimum atomic E-state index is -1.04. The Bertz CT molecular complexity index is 1020. The van der Waals surface area contributed by atoms with Crippen molar-refractivity contribution in [3.8, 4) is 11.8 Å². The van der Waals surface area contributed by atoms with E-state index in [1.54, 1.807) is 25.1 Å². The first kappa shape index (κ1) is 21.5. The molecule has 3 aromatic rings. The Kier molecular flexibility index (Phi) is 7.72. The van der Waals surface area contributed by atoms with Gasteiger partial charge in [-0.05, 0) is 24.1 Å². The summed E-state index contributed by atoms with van der Waals surface area (Å²) in [6, 6.07) is 19.1. The lowest BCUT2D eigenvalue weighted by atomic mass is 10.2. The normalized spacial score (nSPS) is 10.9. The lowest BCUT2D eigenvalue weighted by molar-refractivity contribution is -0.123. The Balaban J connectivity index is 1.65. The van der Waals surface area contributed by atoms with Gasteiger partial charge in [0.1, 0.15) is 25.5 Å². The number of carbonyl (C=O) groups is 2. The molecule has 2 aromatic carbocycles. The summed E-state index contributed by atoms with van der Waals surface area (Å²) in [7, 11) is 0. The molecule has 0 saturated heterocycles. The second kappa shape index (κ2) is 11.1. The Morgan fingerprint density at radius 2 is 1.55 bits per heavy atom. The van der Waals surface area contributed by atoms with Crippen LogP contribution in [0.5, 0.6) is 0 Å². The SMILES string of the molecule is CC(C#Cc1ccoc1)N(OC(=O)OCc1ccccc1)C(=O)OCc1ccccc1. The summed E-state index contributed by atoms with van der Waals surface area (Å²) < 4.78 is 15.3. The lowest BCUT2D eigenvalue weighted by Gasteiger charge is -2.22. The highest BCUT2D eigenvalue weighted by atomic mass is 16.8. The Hall–Kier alpha value is -4.18. The summed E-state index contributed by atoms with van der Waals surface area (Å²) in [5.74, 6) is 5.67. The van der Waals surface area contributed by atoms with Gasteiger partial charge in [0.15, 0.2) is 0 Å². The average molecular weight is 419 g/mol. The van der Waals surface area contributed by atoms with Gasteiger partial charge in [0.05, 0.1) is 11.8 Å². The van der Waals surface area contributed by atoms with E-state index in [9.17, 15) is 9.59 Å². The third-order valence-electron chi connectivity index (χ3n) is 4.06. The number of hydrogen-bond acceptors (Lipinski definition) is 6. The van der Waals surface area contributed by atoms with E-state index in [0.29, 0.717) is 5.56 Å². The molecule has 1 unspecified atom stereocenters. The van der Waals surface area contributed by atoms with Crippen LogP contribution in [0.1, 0.15) is 23.6 Å². The van der Waals surface area contributed by atoms with Gasteiger partial charge in [0, 0.05) is 0 Å². The molecule has 0 saturated carbocycles. The van der Waals surface area contributed by atoms with Gasteiger partial charge in [-0.1, -0.05) is 72.5 Å². The number of furan rings is 1. The minimum Gasteiger partial charge on any atom is -0.471 e. The van der Waals surface area contributed by atoms with Crippen LogP contribution in [-0.4, -0.2) is 23.4 Å². The fourth-order valence-electron chi connectivity index (χ4n) is 2.46. The molecule has 0 spiro atoms. The number of nitrogens with zero attached hydrogens (tertiary/aromatic N) is 1. The number of rotatable bonds is 5. The van der Waals surface area contributed by atoms with Crippen molar-refractivity contribution in [2.75, 3.05) is 0 Å². The first-order valence-corrected chi connectivity index (χ1v) is 9.54. The molecule has 1 atom stereocenters. The number of benzene rings is 2. The van der Waals surface area contributed by atoms with Crippen LogP contribution in [0.25, 0.3) is 0 Å². The molecule has 0 bridgehead atoms. The van der Waals surface area contributed by atoms with E-state index in [1.165, 1.54) is 12.5 Å². The van der Waals surface area contributed by atoms with Gasteiger partial charge in [-0.3, -0.25) is 4.84 Å². The lowest BCUT2D eigenvalue weighted by Crippen LogP contribution is -2.40. The van der Waals surface area contributed by atoms with Gasteiger partial charge in [-0.2, -0.15) is 0 Å². The summed E-state index contributed by atoms with van der Waals surface area (Å²) >= 11 is 0. The monoisotopic (exact) mass is 419 g/mol. The Morgan fingerprint density at radius 1 is 0.935 bits per heavy atom. The number of amides is 1. The largest absolute Gasteiger partial charge is 0.533 e. The topological polar surface area (TPSA) is 78.2 Å². The fourth-order valence-corrected chi connectivity index (χ4v) is 2.46. The molecule has 0 fully saturated rings. The zero-order valence-corrected chi connectivity index (χ0v) is 16.9. The molecule has 0 aliphatic carbocycles. The van der Waals surface area contributed by atoms with E-state index in [2.05, 4.69) is 11.8 Å². The van der Waals surface area contributed by atoms with E-state index in [-0.39, 0.29) is 13.2 Å². The van der Waals surface area contributed by atoms with Gasteiger partial charge in [-0.25, -0.2) is 9.59 Å². The summed E-state index contributed by atoms with van der Waals surface area (Å²) in [4.78, 5) is 29.9. The first-order valence-electron chi connectivity index (χ1n) is 9.54. The standard InChI is InChI=1S/C24H21NO6/c1-19(12-13-22-14-15-28-16-22)25(23(26)29-17-20-8-4-2-5-9-20)31-24(27)30-18-21-10-6-3-7-11-21/h2-11,14-16,19H,17-18H2,1H3. The summed E-state index contributed by atoms with van der Waals surface area (Å²) in [5, 5.41) is 0.753. The van der Waals surface area contributed by atoms with Crippen LogP contribution in [0.4, 0.5) is 9.59 Å². The van der Waals surface area contributed by atoms with Gasteiger partial charge in [0.2, 0.25) is 0 Å². The highest BCUT2D eigenvalue weighted by Gasteiger charge is 2.26. The fraction of sp³-hybridized carbons (Fsp3) is 0.167. The highest BCUT2D eigenvalue weighted by molar-refractivity contribution is 5.70. The zero-order chi connectivity index (χ0) is 21.9. The molecule has 0 aliphatic heterocycles. The molecule has 3 rings (SSSR count). The van der Waals surface area contributed by atoms with Crippen LogP contribution < -0.4 is 0 Å². The molecule has 1 aromatic heterocycles. The molecule has 31 heavy (non-hydrogen) atoms. The van der Waals surface area contributed by atoms with Gasteiger partial charge in [-0.15, -0.1) is 5.06 Å². The van der Waals surface area contributed by atoms with E-state index < -0.39 is 18.3 Å². The third kappa shape index (κ3) is 6.98. The van der Waals surface area contributed by atoms with Crippen LogP contribution in [-0.2, 0) is 27.5 Å². The second-order valence-electron chi connectivity index (χ2n) is 6.44. The smallest absolute Gasteiger partial charge is 0.471 e. The molecule has 0 radical (unpaired) electrons. The first-order chi connectivity index (χ1) is 15.1. The molecule has 0 N–H and O–H groups in total. The van der Waals surface area contributed by atoms with Crippen LogP contribution in [0.2, 0.25) is 0 Å². The van der Waals surface area contributed by atoms with Crippen LogP contribution in [0.3, 0.4) is 0 Å². The number of carbonyl (C=O) groups excluding carboxylic acids is 2. The molecular weight excluding hydrogens is 398 g/mol. The van der Waals surface area contributed by atoms with Crippen LogP contribution >= 0.6 is 0 Å². The predicted molar refractivity (Wildman–Crippen MR) is 111 cm³/mol. The van der Waals surface area contributed by atoms with Crippen molar-refractivity contribution in [1.29, 1.82) is 0 Å². The second-order valence-corrected chi connectivity index (χ2v) is 6.44. The highest BCUT2D eigenvalue weighted by Crippen LogP contribution is 2.10. The predicted octanol–water partition coefficient (Wildman–Crippen LogP) is 4.93. The van der Waals surface area contributed by atoms with Crippen molar-refractivity contribution >= 4 is 12.2 Å². The molecule has 7 nitrogen and oxygen atoms in total. The molecule has 1 heterocycles. The summed E-state index contributed by atoms with van der Waals surface area (Å²) in [5.41, 5.74) is 2.20. The van der Waals surface area contributed by atoms with Crippen molar-refractivity contribution in [3.05, 3.63) is 95.9 Å². The van der Waals surface area contributed by atoms with Crippen molar-refractivity contribution in [2.24, 2.45) is 0 Å². The summed E-state index contributed by atoms with van der Waals surface area (Å²) in [6.07, 6.45) is 1.04. The number of hydrogen-bond donors (Lipinski definition) is 0. The van der Waals surface area contributed by atoms with E-state index >= 15 is 0 Å². The molecule has 158 valence electrons. The van der Waals surface area contributed by atoms with E-state index in [4.69, 9.17) is 18.7 Å². The van der Waals surface area contributed by atoms with Gasteiger partial charge < -0.3 is 13.9 Å². The summed E-state index contributed by atoms with van der Waals surface area (Å²) in [6.45, 7) is 1.61. The van der Waals surface area contributed by atoms with Crippen LogP contribution in [0.15, 0.2) is 83.7 Å². The maximum atomic E-state index is 12.6. The van der Waals surface area contributed by atoms with Gasteiger partial charge in [0.25, 0.3) is 0 Å². The molecular formula is C24H21NO6. The van der Waals surface area contributed by atoms with Crippen molar-refractivity contribution in [1.82, 2.24) is 5.06 Å². The molecule has 7 heteroatoms. The number of hydroxylamine groups is 2. The van der Waals surface area contributed by atoms with Crippen LogP contribution in [0, 0.1) is 11.8 Å². The molecule has 1 amide bonds. The van der Waals surface area contributed by atoms with E-state index in [0.717, 1.165) is 16.2 Å². The zero-order valence-electron chi connectivity index (χ0n) is 16.9. The maximum Gasteiger partial charge on any atom is 0.533 e. The quantitative estimate of drug-likeness (QED) is 0.332. The Labute approximate surface area is 180 Å². The average Bonchev–Trinajstić information content (AvgIpc) is 3.33. The van der Waals surface area contributed by atoms with Crippen molar-refractivity contribution in [3.63, 3.8) is 0 Å². The van der Waals surface area contributed by atoms with Crippen molar-refractivity contribution < 1.29 is 28.3 Å².